The molecule has 1 atom stereocenters. The van der Waals surface area contributed by atoms with Crippen molar-refractivity contribution in [3.8, 4) is 0 Å². The average molecular weight is 303 g/mol. The largest absolute Gasteiger partial charge is 0.480 e. The van der Waals surface area contributed by atoms with Crippen molar-refractivity contribution in [1.82, 2.24) is 4.72 Å². The van der Waals surface area contributed by atoms with Gasteiger partial charge in [-0.05, 0) is 37.0 Å². The Hall–Kier alpha value is -1.47. The van der Waals surface area contributed by atoms with Gasteiger partial charge in [0, 0.05) is 0 Å². The number of sulfonamides is 1. The average Bonchev–Trinajstić information content (AvgIpc) is 2.30. The maximum atomic E-state index is 13.6. The number of aliphatic carboxylic acids is 1. The smallest absolute Gasteiger partial charge is 0.321 e. The van der Waals surface area contributed by atoms with E-state index in [1.165, 1.54) is 12.1 Å². The van der Waals surface area contributed by atoms with Crippen LogP contribution in [0.15, 0.2) is 23.1 Å². The molecule has 112 valence electrons. The van der Waals surface area contributed by atoms with Crippen LogP contribution in [0.25, 0.3) is 0 Å². The Labute approximate surface area is 117 Å². The van der Waals surface area contributed by atoms with Crippen LogP contribution >= 0.6 is 0 Å². The van der Waals surface area contributed by atoms with Gasteiger partial charge in [0.05, 0.1) is 0 Å². The van der Waals surface area contributed by atoms with Gasteiger partial charge in [-0.3, -0.25) is 4.79 Å². The predicted molar refractivity (Wildman–Crippen MR) is 72.3 cm³/mol. The third-order valence-electron chi connectivity index (χ3n) is 2.68. The summed E-state index contributed by atoms with van der Waals surface area (Å²) in [5.74, 6) is -2.20. The van der Waals surface area contributed by atoms with E-state index in [4.69, 9.17) is 5.11 Å². The lowest BCUT2D eigenvalue weighted by Crippen LogP contribution is -2.41. The van der Waals surface area contributed by atoms with E-state index in [9.17, 15) is 17.6 Å². The van der Waals surface area contributed by atoms with Gasteiger partial charge in [0.1, 0.15) is 16.8 Å². The molecular formula is C13H18FNO4S. The number of rotatable bonds is 6. The van der Waals surface area contributed by atoms with Gasteiger partial charge in [-0.25, -0.2) is 12.8 Å². The van der Waals surface area contributed by atoms with Gasteiger partial charge in [-0.2, -0.15) is 4.72 Å². The fourth-order valence-electron chi connectivity index (χ4n) is 1.74. The van der Waals surface area contributed by atoms with Crippen LogP contribution in [-0.2, 0) is 14.8 Å². The van der Waals surface area contributed by atoms with Gasteiger partial charge in [-0.1, -0.05) is 19.9 Å². The highest BCUT2D eigenvalue weighted by molar-refractivity contribution is 7.89. The normalized spacial score (nSPS) is 13.4. The Morgan fingerprint density at radius 3 is 2.50 bits per heavy atom. The molecule has 0 aromatic heterocycles. The summed E-state index contributed by atoms with van der Waals surface area (Å²) in [6, 6.07) is 2.38. The molecular weight excluding hydrogens is 285 g/mol. The Morgan fingerprint density at radius 1 is 1.40 bits per heavy atom. The Kier molecular flexibility index (Phi) is 5.24. The van der Waals surface area contributed by atoms with E-state index >= 15 is 0 Å². The second kappa shape index (κ2) is 6.32. The molecule has 0 aliphatic carbocycles. The van der Waals surface area contributed by atoms with Crippen LogP contribution in [0.4, 0.5) is 4.39 Å². The molecule has 0 heterocycles. The van der Waals surface area contributed by atoms with Crippen molar-refractivity contribution in [3.63, 3.8) is 0 Å². The Balaban J connectivity index is 3.09. The molecule has 0 aliphatic rings. The van der Waals surface area contributed by atoms with Crippen molar-refractivity contribution in [2.24, 2.45) is 5.92 Å². The first-order valence-electron chi connectivity index (χ1n) is 6.14. The second-order valence-corrected chi connectivity index (χ2v) is 6.76. The zero-order valence-corrected chi connectivity index (χ0v) is 12.4. The van der Waals surface area contributed by atoms with Crippen LogP contribution < -0.4 is 4.72 Å². The predicted octanol–water partition coefficient (Wildman–Crippen LogP) is 1.91. The summed E-state index contributed by atoms with van der Waals surface area (Å²) in [5.41, 5.74) is 0.572. The van der Waals surface area contributed by atoms with Gasteiger partial charge in [0.25, 0.3) is 0 Å². The zero-order valence-electron chi connectivity index (χ0n) is 11.6. The highest BCUT2D eigenvalue weighted by atomic mass is 32.2. The van der Waals surface area contributed by atoms with Crippen LogP contribution in [0.3, 0.4) is 0 Å². The maximum absolute atomic E-state index is 13.6. The molecule has 0 bridgehead atoms. The first-order valence-corrected chi connectivity index (χ1v) is 7.63. The molecule has 1 rings (SSSR count). The molecule has 0 unspecified atom stereocenters. The number of carboxylic acids is 1. The molecule has 1 aromatic carbocycles. The van der Waals surface area contributed by atoms with Crippen molar-refractivity contribution >= 4 is 16.0 Å². The number of carbonyl (C=O) groups is 1. The van der Waals surface area contributed by atoms with Gasteiger partial charge in [0.2, 0.25) is 10.0 Å². The van der Waals surface area contributed by atoms with Crippen LogP contribution in [0.5, 0.6) is 0 Å². The van der Waals surface area contributed by atoms with Crippen molar-refractivity contribution in [2.75, 3.05) is 0 Å². The van der Waals surface area contributed by atoms with Gasteiger partial charge < -0.3 is 5.11 Å². The minimum atomic E-state index is -4.21. The fourth-order valence-corrected chi connectivity index (χ4v) is 3.10. The van der Waals surface area contributed by atoms with Crippen molar-refractivity contribution in [1.29, 1.82) is 0 Å². The minimum absolute atomic E-state index is 0.0128. The van der Waals surface area contributed by atoms with E-state index in [1.807, 2.05) is 4.72 Å². The number of halogens is 1. The lowest BCUT2D eigenvalue weighted by Gasteiger charge is -2.17. The number of carboxylic acid groups (broad SMARTS) is 1. The molecule has 1 aromatic rings. The molecule has 0 amide bonds. The first kappa shape index (κ1) is 16.6. The summed E-state index contributed by atoms with van der Waals surface area (Å²) >= 11 is 0. The van der Waals surface area contributed by atoms with E-state index in [2.05, 4.69) is 0 Å². The number of aryl methyl sites for hydroxylation is 1. The molecule has 7 heteroatoms. The standard InChI is InChI=1S/C13H18FNO4S/c1-8(2)6-11(13(16)17)15-20(18,19)12-7-9(3)4-5-10(12)14/h4-5,7-8,11,15H,6H2,1-3H3,(H,16,17)/t11-/m1/s1. The number of benzene rings is 1. The van der Waals surface area contributed by atoms with E-state index < -0.39 is 32.7 Å². The van der Waals surface area contributed by atoms with Gasteiger partial charge >= 0.3 is 5.97 Å². The number of hydrogen-bond acceptors (Lipinski definition) is 3. The number of nitrogens with one attached hydrogen (secondary N) is 1. The molecule has 0 radical (unpaired) electrons. The summed E-state index contributed by atoms with van der Waals surface area (Å²) in [5, 5.41) is 9.04. The molecule has 0 aliphatic heterocycles. The van der Waals surface area contributed by atoms with Crippen molar-refractivity contribution in [3.05, 3.63) is 29.6 Å². The van der Waals surface area contributed by atoms with E-state index in [1.54, 1.807) is 20.8 Å². The van der Waals surface area contributed by atoms with Crippen molar-refractivity contribution in [2.45, 2.75) is 38.1 Å². The van der Waals surface area contributed by atoms with Gasteiger partial charge in [0.15, 0.2) is 0 Å². The lowest BCUT2D eigenvalue weighted by atomic mass is 10.1. The molecule has 0 spiro atoms. The quantitative estimate of drug-likeness (QED) is 0.841. The van der Waals surface area contributed by atoms with Gasteiger partial charge in [-0.15, -0.1) is 0 Å². The SMILES string of the molecule is Cc1ccc(F)c(S(=O)(=O)N[C@H](CC(C)C)C(=O)O)c1. The van der Waals surface area contributed by atoms with E-state index in [0.29, 0.717) is 5.56 Å². The third kappa shape index (κ3) is 4.28. The first-order chi connectivity index (χ1) is 9.13. The van der Waals surface area contributed by atoms with E-state index in [-0.39, 0.29) is 12.3 Å². The zero-order chi connectivity index (χ0) is 15.5. The Bertz CT molecular complexity index is 598. The fraction of sp³-hybridized carbons (Fsp3) is 0.462. The van der Waals surface area contributed by atoms with Crippen LogP contribution in [0, 0.1) is 18.7 Å². The molecule has 20 heavy (non-hydrogen) atoms. The molecule has 0 saturated heterocycles. The highest BCUT2D eigenvalue weighted by Crippen LogP contribution is 2.17. The second-order valence-electron chi connectivity index (χ2n) is 5.08. The Morgan fingerprint density at radius 2 is 2.00 bits per heavy atom. The molecule has 2 N–H and O–H groups in total. The lowest BCUT2D eigenvalue weighted by molar-refractivity contribution is -0.139. The van der Waals surface area contributed by atoms with E-state index in [0.717, 1.165) is 6.07 Å². The third-order valence-corrected chi connectivity index (χ3v) is 4.17. The highest BCUT2D eigenvalue weighted by Gasteiger charge is 2.28. The molecule has 5 nitrogen and oxygen atoms in total. The summed E-state index contributed by atoms with van der Waals surface area (Å²) < 4.78 is 39.8. The summed E-state index contributed by atoms with van der Waals surface area (Å²) in [7, 11) is -4.21. The minimum Gasteiger partial charge on any atom is -0.480 e. The summed E-state index contributed by atoms with van der Waals surface area (Å²) in [6.07, 6.45) is 0.127. The van der Waals surface area contributed by atoms with Crippen molar-refractivity contribution < 1.29 is 22.7 Å². The monoisotopic (exact) mass is 303 g/mol. The number of hydrogen-bond donors (Lipinski definition) is 2. The van der Waals surface area contributed by atoms with Crippen LogP contribution in [0.1, 0.15) is 25.8 Å². The van der Waals surface area contributed by atoms with Crippen LogP contribution in [0.2, 0.25) is 0 Å². The van der Waals surface area contributed by atoms with Crippen LogP contribution in [-0.4, -0.2) is 25.5 Å². The molecule has 0 fully saturated rings. The summed E-state index contributed by atoms with van der Waals surface area (Å²) in [6.45, 7) is 5.18. The molecule has 0 saturated carbocycles. The maximum Gasteiger partial charge on any atom is 0.321 e. The summed E-state index contributed by atoms with van der Waals surface area (Å²) in [4.78, 5) is 10.5. The topological polar surface area (TPSA) is 83.5 Å².